The molecule has 0 aliphatic heterocycles. The minimum atomic E-state index is -0.273. The molecule has 1 heterocycles. The van der Waals surface area contributed by atoms with Crippen LogP contribution in [0, 0.1) is 28.6 Å². The van der Waals surface area contributed by atoms with Gasteiger partial charge in [-0.2, -0.15) is 10.5 Å². The van der Waals surface area contributed by atoms with Crippen molar-refractivity contribution in [3.05, 3.63) is 102 Å². The van der Waals surface area contributed by atoms with E-state index < -0.39 is 0 Å². The van der Waals surface area contributed by atoms with E-state index in [2.05, 4.69) is 26.7 Å². The van der Waals surface area contributed by atoms with Gasteiger partial charge in [-0.15, -0.1) is 0 Å². The average Bonchev–Trinajstić information content (AvgIpc) is 3.37. The molecule has 8 nitrogen and oxygen atoms in total. The lowest BCUT2D eigenvalue weighted by Crippen LogP contribution is -2.15. The number of hydrogen-bond acceptors (Lipinski definition) is 5. The van der Waals surface area contributed by atoms with E-state index in [9.17, 15) is 9.59 Å². The van der Waals surface area contributed by atoms with Crippen LogP contribution in [0.15, 0.2) is 90.5 Å². The summed E-state index contributed by atoms with van der Waals surface area (Å²) < 4.78 is 0. The number of nitrogens with one attached hydrogen (secondary N) is 3. The summed E-state index contributed by atoms with van der Waals surface area (Å²) in [5, 5.41) is 23.6. The predicted octanol–water partition coefficient (Wildman–Crippen LogP) is 5.32. The normalized spacial score (nSPS) is 14.3. The van der Waals surface area contributed by atoms with Gasteiger partial charge in [0.2, 0.25) is 0 Å². The number of nitriles is 2. The summed E-state index contributed by atoms with van der Waals surface area (Å²) in [5.41, 5.74) is 5.09. The molecule has 1 aromatic heterocycles. The third-order valence-corrected chi connectivity index (χ3v) is 5.96. The number of fused-ring (bicyclic) bond motifs is 1. The predicted molar refractivity (Wildman–Crippen MR) is 140 cm³/mol. The lowest BCUT2D eigenvalue weighted by Gasteiger charge is -2.11. The lowest BCUT2D eigenvalue weighted by atomic mass is 9.97. The first kappa shape index (κ1) is 23.3. The van der Waals surface area contributed by atoms with Crippen LogP contribution in [0.25, 0.3) is 22.4 Å². The largest absolute Gasteiger partial charge is 0.338 e. The van der Waals surface area contributed by atoms with E-state index in [0.717, 1.165) is 16.6 Å². The van der Waals surface area contributed by atoms with Gasteiger partial charge in [0.15, 0.2) is 0 Å². The van der Waals surface area contributed by atoms with Crippen LogP contribution in [0.3, 0.4) is 0 Å². The number of imidazole rings is 1. The van der Waals surface area contributed by atoms with Crippen LogP contribution in [0.4, 0.5) is 11.4 Å². The minimum absolute atomic E-state index is 0.186. The molecular formula is C29H20N6O2. The van der Waals surface area contributed by atoms with E-state index in [1.165, 1.54) is 0 Å². The second-order valence-electron chi connectivity index (χ2n) is 8.48. The van der Waals surface area contributed by atoms with E-state index in [-0.39, 0.29) is 17.7 Å². The first-order valence-corrected chi connectivity index (χ1v) is 11.5. The first-order valence-electron chi connectivity index (χ1n) is 11.5. The van der Waals surface area contributed by atoms with E-state index in [1.54, 1.807) is 60.7 Å². The van der Waals surface area contributed by atoms with Crippen LogP contribution < -0.4 is 10.6 Å². The van der Waals surface area contributed by atoms with Gasteiger partial charge in [0.25, 0.3) is 11.8 Å². The van der Waals surface area contributed by atoms with E-state index in [0.29, 0.717) is 40.3 Å². The molecule has 2 amide bonds. The van der Waals surface area contributed by atoms with Crippen molar-refractivity contribution in [3.8, 4) is 23.5 Å². The Balaban J connectivity index is 1.27. The Labute approximate surface area is 212 Å². The fraction of sp³-hybridized carbons (Fsp3) is 0.0690. The molecule has 0 radical (unpaired) electrons. The maximum Gasteiger partial charge on any atom is 0.255 e. The van der Waals surface area contributed by atoms with Crippen molar-refractivity contribution in [2.45, 2.75) is 6.42 Å². The molecule has 3 aromatic carbocycles. The molecule has 8 heteroatoms. The van der Waals surface area contributed by atoms with Crippen molar-refractivity contribution in [3.63, 3.8) is 0 Å². The highest BCUT2D eigenvalue weighted by Gasteiger charge is 2.14. The van der Waals surface area contributed by atoms with Crippen LogP contribution in [0.1, 0.15) is 22.3 Å². The fourth-order valence-corrected chi connectivity index (χ4v) is 3.92. The highest BCUT2D eigenvalue weighted by molar-refractivity contribution is 6.06. The van der Waals surface area contributed by atoms with Crippen molar-refractivity contribution in [1.29, 1.82) is 10.5 Å². The SMILES string of the molecule is N#Cc1ccc(C(=O)Nc2ccc3nc(-c4ccc(NC(=O)C5=CCC(C#N)C=C5)cc4)[nH]c3c2)cc1. The van der Waals surface area contributed by atoms with Gasteiger partial charge in [0, 0.05) is 28.1 Å². The summed E-state index contributed by atoms with van der Waals surface area (Å²) >= 11 is 0. The number of amides is 2. The summed E-state index contributed by atoms with van der Waals surface area (Å²) in [6.45, 7) is 0. The van der Waals surface area contributed by atoms with Crippen LogP contribution in [-0.4, -0.2) is 21.8 Å². The Hall–Kier alpha value is -5.47. The quantitative estimate of drug-likeness (QED) is 0.352. The number of rotatable bonds is 5. The molecule has 178 valence electrons. The summed E-state index contributed by atoms with van der Waals surface area (Å²) in [7, 11) is 0. The number of hydrogen-bond donors (Lipinski definition) is 3. The zero-order chi connectivity index (χ0) is 25.8. The van der Waals surface area contributed by atoms with Gasteiger partial charge in [-0.1, -0.05) is 18.2 Å². The Morgan fingerprint density at radius 2 is 1.65 bits per heavy atom. The maximum absolute atomic E-state index is 12.5. The minimum Gasteiger partial charge on any atom is -0.338 e. The first-order chi connectivity index (χ1) is 18.0. The van der Waals surface area contributed by atoms with Crippen LogP contribution in [-0.2, 0) is 4.79 Å². The van der Waals surface area contributed by atoms with Gasteiger partial charge in [-0.05, 0) is 73.2 Å². The van der Waals surface area contributed by atoms with Gasteiger partial charge in [-0.3, -0.25) is 9.59 Å². The zero-order valence-corrected chi connectivity index (χ0v) is 19.5. The van der Waals surface area contributed by atoms with Crippen molar-refractivity contribution in [2.24, 2.45) is 5.92 Å². The van der Waals surface area contributed by atoms with Gasteiger partial charge < -0.3 is 15.6 Å². The molecule has 1 atom stereocenters. The van der Waals surface area contributed by atoms with Gasteiger partial charge >= 0.3 is 0 Å². The molecule has 3 N–H and O–H groups in total. The van der Waals surface area contributed by atoms with Crippen molar-refractivity contribution < 1.29 is 9.59 Å². The van der Waals surface area contributed by atoms with Gasteiger partial charge in [0.1, 0.15) is 5.82 Å². The molecule has 37 heavy (non-hydrogen) atoms. The van der Waals surface area contributed by atoms with E-state index >= 15 is 0 Å². The molecule has 1 aliphatic carbocycles. The molecule has 4 aromatic rings. The zero-order valence-electron chi connectivity index (χ0n) is 19.5. The Morgan fingerprint density at radius 3 is 2.32 bits per heavy atom. The lowest BCUT2D eigenvalue weighted by molar-refractivity contribution is -0.112. The molecule has 0 saturated carbocycles. The molecular weight excluding hydrogens is 464 g/mol. The number of anilines is 2. The Bertz CT molecular complexity index is 1650. The number of carbonyl (C=O) groups is 2. The number of H-pyrrole nitrogens is 1. The molecule has 1 unspecified atom stereocenters. The number of benzene rings is 3. The van der Waals surface area contributed by atoms with Crippen molar-refractivity contribution in [1.82, 2.24) is 9.97 Å². The van der Waals surface area contributed by atoms with Crippen molar-refractivity contribution in [2.75, 3.05) is 10.6 Å². The third kappa shape index (κ3) is 5.14. The number of aromatic nitrogens is 2. The van der Waals surface area contributed by atoms with Crippen molar-refractivity contribution >= 4 is 34.2 Å². The number of nitrogens with zero attached hydrogens (tertiary/aromatic N) is 3. The number of carbonyl (C=O) groups excluding carboxylic acids is 2. The second kappa shape index (κ2) is 10.0. The standard InChI is InChI=1S/C29H20N6O2/c30-16-18-1-5-21(6-2-18)28(36)32-23-11-9-20(10-12-23)27-34-25-14-13-24(15-26(25)35-27)33-29(37)22-7-3-19(17-31)4-8-22/h1,3-15,18H,2H2,(H,32,36)(H,33,37)(H,34,35). The summed E-state index contributed by atoms with van der Waals surface area (Å²) in [5.74, 6) is -0.0243. The molecule has 0 fully saturated rings. The monoisotopic (exact) mass is 484 g/mol. The number of allylic oxidation sites excluding steroid dienone is 2. The molecule has 0 bridgehead atoms. The molecule has 0 spiro atoms. The summed E-state index contributed by atoms with van der Waals surface area (Å²) in [6, 6.07) is 23.4. The van der Waals surface area contributed by atoms with E-state index in [1.807, 2.05) is 30.3 Å². The van der Waals surface area contributed by atoms with Crippen LogP contribution in [0.2, 0.25) is 0 Å². The Morgan fingerprint density at radius 1 is 0.919 bits per heavy atom. The molecule has 5 rings (SSSR count). The summed E-state index contributed by atoms with van der Waals surface area (Å²) in [6.07, 6.45) is 5.72. The second-order valence-corrected chi connectivity index (χ2v) is 8.48. The van der Waals surface area contributed by atoms with Crippen LogP contribution in [0.5, 0.6) is 0 Å². The third-order valence-electron chi connectivity index (χ3n) is 5.96. The smallest absolute Gasteiger partial charge is 0.255 e. The highest BCUT2D eigenvalue weighted by atomic mass is 16.2. The average molecular weight is 485 g/mol. The topological polar surface area (TPSA) is 134 Å². The molecule has 0 saturated heterocycles. The van der Waals surface area contributed by atoms with Gasteiger partial charge in [-0.25, -0.2) is 4.98 Å². The van der Waals surface area contributed by atoms with E-state index in [4.69, 9.17) is 10.5 Å². The maximum atomic E-state index is 12.5. The Kier molecular flexibility index (Phi) is 6.31. The molecule has 1 aliphatic rings. The summed E-state index contributed by atoms with van der Waals surface area (Å²) in [4.78, 5) is 32.9. The fourth-order valence-electron chi connectivity index (χ4n) is 3.92. The van der Waals surface area contributed by atoms with Crippen LogP contribution >= 0.6 is 0 Å². The number of aromatic amines is 1. The van der Waals surface area contributed by atoms with Gasteiger partial charge in [0.05, 0.1) is 34.7 Å². The highest BCUT2D eigenvalue weighted by Crippen LogP contribution is 2.25.